The maximum absolute atomic E-state index is 4.12. The van der Waals surface area contributed by atoms with Gasteiger partial charge in [-0.2, -0.15) is 0 Å². The van der Waals surface area contributed by atoms with Gasteiger partial charge in [-0.1, -0.05) is 5.10 Å². The Kier molecular flexibility index (Phi) is 2.98. The van der Waals surface area contributed by atoms with Crippen molar-refractivity contribution in [3.63, 3.8) is 0 Å². The van der Waals surface area contributed by atoms with E-state index in [9.17, 15) is 0 Å². The van der Waals surface area contributed by atoms with Gasteiger partial charge in [0, 0.05) is 37.9 Å². The van der Waals surface area contributed by atoms with Crippen molar-refractivity contribution in [2.75, 3.05) is 36.3 Å². The Balaban J connectivity index is 1.77. The molecule has 0 spiro atoms. The average molecular weight is 262 g/mol. The largest absolute Gasteiger partial charge is 0.358 e. The first-order chi connectivity index (χ1) is 9.31. The summed E-state index contributed by atoms with van der Waals surface area (Å²) in [4.78, 5) is 8.14. The van der Waals surface area contributed by atoms with Crippen LogP contribution in [-0.2, 0) is 0 Å². The lowest BCUT2D eigenvalue weighted by molar-refractivity contribution is 0.391. The molecule has 0 bridgehead atoms. The monoisotopic (exact) mass is 262 g/mol. The SMILES string of the molecule is CCN1C=CN(c2nnnn2N2C=CN(CC)C2)C1. The van der Waals surface area contributed by atoms with E-state index in [1.54, 1.807) is 4.79 Å². The molecule has 2 aliphatic rings. The molecule has 0 fully saturated rings. The summed E-state index contributed by atoms with van der Waals surface area (Å²) >= 11 is 0. The minimum Gasteiger partial charge on any atom is -0.358 e. The molecule has 0 radical (unpaired) electrons. The summed E-state index contributed by atoms with van der Waals surface area (Å²) in [5.41, 5.74) is 0. The Morgan fingerprint density at radius 2 is 1.74 bits per heavy atom. The Morgan fingerprint density at radius 3 is 2.42 bits per heavy atom. The summed E-state index contributed by atoms with van der Waals surface area (Å²) in [5, 5.41) is 14.0. The molecular weight excluding hydrogens is 244 g/mol. The average Bonchev–Trinajstić information content (AvgIpc) is 3.16. The molecule has 1 aromatic heterocycles. The van der Waals surface area contributed by atoms with Crippen LogP contribution in [0.5, 0.6) is 0 Å². The summed E-state index contributed by atoms with van der Waals surface area (Å²) in [6.45, 7) is 7.74. The standard InChI is InChI=1S/C11H18N8/c1-3-15-5-7-17(9-15)11-12-13-14-19(11)18-8-6-16(4-2)10-18/h5-8H,3-4,9-10H2,1-2H3. The number of nitrogens with zero attached hydrogens (tertiary/aromatic N) is 8. The summed E-state index contributed by atoms with van der Waals surface area (Å²) in [6.07, 6.45) is 8.09. The highest BCUT2D eigenvalue weighted by Crippen LogP contribution is 2.17. The van der Waals surface area contributed by atoms with Crippen molar-refractivity contribution in [3.05, 3.63) is 24.8 Å². The molecule has 0 saturated carbocycles. The first-order valence-electron chi connectivity index (χ1n) is 6.48. The lowest BCUT2D eigenvalue weighted by Gasteiger charge is -2.23. The first kappa shape index (κ1) is 11.8. The molecule has 0 saturated heterocycles. The highest BCUT2D eigenvalue weighted by Gasteiger charge is 2.23. The van der Waals surface area contributed by atoms with Crippen LogP contribution < -0.4 is 9.91 Å². The number of rotatable bonds is 4. The maximum atomic E-state index is 4.12. The fraction of sp³-hybridized carbons (Fsp3) is 0.545. The van der Waals surface area contributed by atoms with Crippen molar-refractivity contribution in [2.45, 2.75) is 13.8 Å². The molecule has 8 nitrogen and oxygen atoms in total. The molecule has 0 unspecified atom stereocenters. The number of aromatic nitrogens is 4. The van der Waals surface area contributed by atoms with Crippen LogP contribution in [-0.4, -0.2) is 56.5 Å². The van der Waals surface area contributed by atoms with Crippen molar-refractivity contribution < 1.29 is 0 Å². The van der Waals surface area contributed by atoms with Crippen LogP contribution in [0.4, 0.5) is 5.95 Å². The Labute approximate surface area is 112 Å². The van der Waals surface area contributed by atoms with E-state index in [0.717, 1.165) is 32.4 Å². The van der Waals surface area contributed by atoms with Crippen LogP contribution in [0, 0.1) is 0 Å². The third-order valence-corrected chi connectivity index (χ3v) is 3.32. The van der Waals surface area contributed by atoms with Gasteiger partial charge in [-0.25, -0.2) is 5.01 Å². The van der Waals surface area contributed by atoms with E-state index in [4.69, 9.17) is 0 Å². The molecule has 0 aliphatic carbocycles. The van der Waals surface area contributed by atoms with Crippen LogP contribution >= 0.6 is 0 Å². The lowest BCUT2D eigenvalue weighted by Crippen LogP contribution is -2.37. The second kappa shape index (κ2) is 4.79. The van der Waals surface area contributed by atoms with Gasteiger partial charge in [0.15, 0.2) is 0 Å². The van der Waals surface area contributed by atoms with Gasteiger partial charge in [-0.05, 0) is 24.3 Å². The molecule has 102 valence electrons. The molecule has 0 amide bonds. The van der Waals surface area contributed by atoms with E-state index in [-0.39, 0.29) is 0 Å². The molecule has 2 aliphatic heterocycles. The zero-order chi connectivity index (χ0) is 13.2. The highest BCUT2D eigenvalue weighted by molar-refractivity contribution is 5.37. The van der Waals surface area contributed by atoms with E-state index in [2.05, 4.69) is 45.4 Å². The molecule has 0 atom stereocenters. The highest BCUT2D eigenvalue weighted by atomic mass is 15.8. The minimum absolute atomic E-state index is 0.731. The van der Waals surface area contributed by atoms with E-state index < -0.39 is 0 Å². The Hall–Kier alpha value is -2.25. The van der Waals surface area contributed by atoms with Crippen molar-refractivity contribution in [2.24, 2.45) is 0 Å². The van der Waals surface area contributed by atoms with Gasteiger partial charge in [0.2, 0.25) is 0 Å². The third kappa shape index (κ3) is 2.09. The van der Waals surface area contributed by atoms with Crippen molar-refractivity contribution in [1.29, 1.82) is 0 Å². The predicted octanol–water partition coefficient (Wildman–Crippen LogP) is -0.0541. The van der Waals surface area contributed by atoms with Gasteiger partial charge in [0.05, 0.1) is 6.67 Å². The van der Waals surface area contributed by atoms with E-state index in [0.29, 0.717) is 0 Å². The van der Waals surface area contributed by atoms with Crippen LogP contribution in [0.2, 0.25) is 0 Å². The van der Waals surface area contributed by atoms with Crippen molar-refractivity contribution in [1.82, 2.24) is 30.1 Å². The van der Waals surface area contributed by atoms with Gasteiger partial charge in [-0.15, -0.1) is 4.79 Å². The van der Waals surface area contributed by atoms with Gasteiger partial charge < -0.3 is 9.80 Å². The second-order valence-electron chi connectivity index (χ2n) is 4.47. The fourth-order valence-corrected chi connectivity index (χ4v) is 2.10. The summed E-state index contributed by atoms with van der Waals surface area (Å²) in [7, 11) is 0. The molecule has 3 heterocycles. The summed E-state index contributed by atoms with van der Waals surface area (Å²) < 4.78 is 0. The molecular formula is C11H18N8. The zero-order valence-electron chi connectivity index (χ0n) is 11.2. The summed E-state index contributed by atoms with van der Waals surface area (Å²) in [6, 6.07) is 0. The zero-order valence-corrected chi connectivity index (χ0v) is 11.2. The molecule has 0 N–H and O–H groups in total. The van der Waals surface area contributed by atoms with Gasteiger partial charge in [0.25, 0.3) is 5.95 Å². The molecule has 3 rings (SSSR count). The smallest absolute Gasteiger partial charge is 0.271 e. The van der Waals surface area contributed by atoms with Gasteiger partial charge >= 0.3 is 0 Å². The molecule has 1 aromatic rings. The number of hydrogen-bond donors (Lipinski definition) is 0. The van der Waals surface area contributed by atoms with Gasteiger partial charge in [-0.3, -0.25) is 4.90 Å². The Morgan fingerprint density at radius 1 is 1.00 bits per heavy atom. The quantitative estimate of drug-likeness (QED) is 0.753. The number of anilines is 1. The molecule has 0 aromatic carbocycles. The maximum Gasteiger partial charge on any atom is 0.271 e. The van der Waals surface area contributed by atoms with Crippen molar-refractivity contribution in [3.8, 4) is 0 Å². The van der Waals surface area contributed by atoms with Crippen molar-refractivity contribution >= 4 is 5.95 Å². The Bertz CT molecular complexity index is 450. The van der Waals surface area contributed by atoms with Crippen LogP contribution in [0.15, 0.2) is 24.8 Å². The summed E-state index contributed by atoms with van der Waals surface area (Å²) in [5.74, 6) is 0.731. The molecule has 19 heavy (non-hydrogen) atoms. The van der Waals surface area contributed by atoms with Crippen LogP contribution in [0.25, 0.3) is 0 Å². The van der Waals surface area contributed by atoms with Crippen LogP contribution in [0.1, 0.15) is 13.8 Å². The molecule has 8 heteroatoms. The third-order valence-electron chi connectivity index (χ3n) is 3.32. The normalized spacial score (nSPS) is 18.2. The van der Waals surface area contributed by atoms with Gasteiger partial charge in [0.1, 0.15) is 6.67 Å². The first-order valence-corrected chi connectivity index (χ1v) is 6.48. The number of tetrazole rings is 1. The second-order valence-corrected chi connectivity index (χ2v) is 4.47. The fourth-order valence-electron chi connectivity index (χ4n) is 2.10. The lowest BCUT2D eigenvalue weighted by atomic mass is 10.6. The predicted molar refractivity (Wildman–Crippen MR) is 71.3 cm³/mol. The number of hydrogen-bond acceptors (Lipinski definition) is 7. The topological polar surface area (TPSA) is 56.6 Å². The minimum atomic E-state index is 0.731. The van der Waals surface area contributed by atoms with E-state index in [1.807, 2.05) is 28.5 Å². The van der Waals surface area contributed by atoms with E-state index in [1.165, 1.54) is 0 Å². The van der Waals surface area contributed by atoms with E-state index >= 15 is 0 Å². The van der Waals surface area contributed by atoms with Crippen LogP contribution in [0.3, 0.4) is 0 Å².